The first-order valence-electron chi connectivity index (χ1n) is 4.63. The fourth-order valence-electron chi connectivity index (χ4n) is 1.94. The molecule has 0 bridgehead atoms. The summed E-state index contributed by atoms with van der Waals surface area (Å²) in [6.07, 6.45) is 0. The summed E-state index contributed by atoms with van der Waals surface area (Å²) in [6, 6.07) is 0. The number of phenolic OH excluding ortho intramolecular Hbond substituents is 1. The molecule has 0 atom stereocenters. The van der Waals surface area contributed by atoms with Crippen LogP contribution in [-0.4, -0.2) is 40.5 Å². The van der Waals surface area contributed by atoms with Crippen molar-refractivity contribution >= 4 is 51.7 Å². The fraction of sp³-hybridized carbons (Fsp3) is 0. The average Bonchev–Trinajstić information content (AvgIpc) is 2.47. The van der Waals surface area contributed by atoms with Crippen molar-refractivity contribution in [1.29, 1.82) is 0 Å². The van der Waals surface area contributed by atoms with Crippen molar-refractivity contribution in [2.75, 3.05) is 0 Å². The van der Waals surface area contributed by atoms with Crippen LogP contribution in [0.25, 0.3) is 0 Å². The molecule has 7 heteroatoms. The highest BCUT2D eigenvalue weighted by Gasteiger charge is 2.32. The summed E-state index contributed by atoms with van der Waals surface area (Å²) in [5.74, 6) is -0.708. The number of carbonyl (C=O) groups excluding carboxylic acids is 2. The van der Waals surface area contributed by atoms with Crippen LogP contribution < -0.4 is 21.7 Å². The Hall–Kier alpha value is -1.65. The molecular weight excluding hydrogens is 191 g/mol. The van der Waals surface area contributed by atoms with Crippen molar-refractivity contribution < 1.29 is 14.7 Å². The van der Waals surface area contributed by atoms with E-state index >= 15 is 0 Å². The van der Waals surface area contributed by atoms with Gasteiger partial charge in [0.05, 0.1) is 0 Å². The highest BCUT2D eigenvalue weighted by molar-refractivity contribution is 6.57. The van der Waals surface area contributed by atoms with Crippen LogP contribution in [0.3, 0.4) is 0 Å². The number of phenols is 1. The van der Waals surface area contributed by atoms with Gasteiger partial charge in [-0.05, 0) is 5.46 Å². The van der Waals surface area contributed by atoms with Gasteiger partial charge in [0.2, 0.25) is 0 Å². The van der Waals surface area contributed by atoms with E-state index in [2.05, 4.69) is 5.32 Å². The molecule has 0 aliphatic carbocycles. The minimum absolute atomic E-state index is 0.0936. The predicted molar refractivity (Wildman–Crippen MR) is 64.4 cm³/mol. The number of amides is 2. The zero-order chi connectivity index (χ0) is 11.3. The molecule has 0 spiro atoms. The first-order chi connectivity index (χ1) is 6.95. The second-order valence-electron chi connectivity index (χ2n) is 3.76. The van der Waals surface area contributed by atoms with Crippen molar-refractivity contribution in [2.45, 2.75) is 0 Å². The van der Waals surface area contributed by atoms with Crippen molar-refractivity contribution in [1.82, 2.24) is 5.32 Å². The van der Waals surface area contributed by atoms with Crippen LogP contribution in [0.4, 0.5) is 0 Å². The van der Waals surface area contributed by atoms with Crippen LogP contribution in [0.15, 0.2) is 0 Å². The van der Waals surface area contributed by atoms with E-state index in [4.69, 9.17) is 0 Å². The highest BCUT2D eigenvalue weighted by atomic mass is 16.3. The van der Waals surface area contributed by atoms with E-state index in [1.807, 2.05) is 0 Å². The Kier molecular flexibility index (Phi) is 1.93. The Balaban J connectivity index is 2.92. The molecule has 0 saturated heterocycles. The quantitative estimate of drug-likeness (QED) is 0.324. The molecule has 1 aromatic carbocycles. The Morgan fingerprint density at radius 3 is 1.87 bits per heavy atom. The van der Waals surface area contributed by atoms with E-state index in [0.717, 1.165) is 0 Å². The maximum absolute atomic E-state index is 11.5. The van der Waals surface area contributed by atoms with Crippen molar-refractivity contribution in [3.05, 3.63) is 11.1 Å². The van der Waals surface area contributed by atoms with E-state index in [9.17, 15) is 14.7 Å². The number of fused-ring (bicyclic) bond motifs is 1. The van der Waals surface area contributed by atoms with E-state index in [1.54, 1.807) is 23.5 Å². The summed E-state index contributed by atoms with van der Waals surface area (Å²) in [4.78, 5) is 23.0. The average molecular weight is 199 g/mol. The Morgan fingerprint density at radius 2 is 1.33 bits per heavy atom. The molecule has 0 radical (unpaired) electrons. The molecule has 15 heavy (non-hydrogen) atoms. The molecular formula is C8H8B3NO3. The van der Waals surface area contributed by atoms with Crippen LogP contribution in [0, 0.1) is 0 Å². The molecule has 0 fully saturated rings. The SMILES string of the molecule is Bc1c(B)c2c(c(B)c1O)C(=O)NC2=O. The minimum atomic E-state index is -0.425. The summed E-state index contributed by atoms with van der Waals surface area (Å²) in [5.41, 5.74) is 2.48. The van der Waals surface area contributed by atoms with Crippen LogP contribution in [-0.2, 0) is 0 Å². The van der Waals surface area contributed by atoms with E-state index in [0.29, 0.717) is 27.5 Å². The van der Waals surface area contributed by atoms with Gasteiger partial charge < -0.3 is 5.11 Å². The molecule has 1 aliphatic heterocycles. The topological polar surface area (TPSA) is 66.4 Å². The highest BCUT2D eigenvalue weighted by Crippen LogP contribution is 2.13. The van der Waals surface area contributed by atoms with E-state index in [1.165, 1.54) is 0 Å². The second-order valence-corrected chi connectivity index (χ2v) is 3.76. The van der Waals surface area contributed by atoms with Gasteiger partial charge in [-0.15, -0.1) is 0 Å². The summed E-state index contributed by atoms with van der Waals surface area (Å²) in [6.45, 7) is 0. The Bertz CT molecular complexity index is 468. The zero-order valence-electron chi connectivity index (χ0n) is 8.76. The first-order valence-corrected chi connectivity index (χ1v) is 4.63. The molecule has 2 N–H and O–H groups in total. The van der Waals surface area contributed by atoms with Gasteiger partial charge >= 0.3 is 0 Å². The van der Waals surface area contributed by atoms with E-state index < -0.39 is 5.91 Å². The molecule has 4 nitrogen and oxygen atoms in total. The van der Waals surface area contributed by atoms with Gasteiger partial charge in [-0.3, -0.25) is 14.9 Å². The second kappa shape index (κ2) is 2.92. The Labute approximate surface area is 89.3 Å². The molecule has 1 heterocycles. The summed E-state index contributed by atoms with van der Waals surface area (Å²) in [5, 5.41) is 12.0. The monoisotopic (exact) mass is 199 g/mol. The van der Waals surface area contributed by atoms with Crippen LogP contribution in [0.5, 0.6) is 5.75 Å². The third-order valence-corrected chi connectivity index (χ3v) is 2.95. The molecule has 2 amide bonds. The standard InChI is InChI=1S/C8H8B3NO3/c9-3-1-2(8(15)12-7(1)14)4(10)6(13)5(3)11/h13H,9-11H2,(H,12,14,15). The molecule has 0 saturated carbocycles. The van der Waals surface area contributed by atoms with Crippen molar-refractivity contribution in [3.63, 3.8) is 0 Å². The molecule has 0 unspecified atom stereocenters. The minimum Gasteiger partial charge on any atom is -0.509 e. The predicted octanol–water partition coefficient (Wildman–Crippen LogP) is -4.95. The molecule has 0 aromatic heterocycles. The van der Waals surface area contributed by atoms with Crippen molar-refractivity contribution in [2.24, 2.45) is 0 Å². The lowest BCUT2D eigenvalue weighted by Crippen LogP contribution is -2.36. The molecule has 2 rings (SSSR count). The van der Waals surface area contributed by atoms with Gasteiger partial charge in [-0.25, -0.2) is 0 Å². The molecule has 1 aliphatic rings. The number of hydrogen-bond donors (Lipinski definition) is 2. The van der Waals surface area contributed by atoms with Crippen molar-refractivity contribution in [3.8, 4) is 5.75 Å². The van der Waals surface area contributed by atoms with Crippen LogP contribution in [0.1, 0.15) is 20.7 Å². The number of imide groups is 1. The van der Waals surface area contributed by atoms with Gasteiger partial charge in [-0.2, -0.15) is 0 Å². The smallest absolute Gasteiger partial charge is 0.258 e. The number of hydrogen-bond acceptors (Lipinski definition) is 3. The lowest BCUT2D eigenvalue weighted by Gasteiger charge is -2.11. The van der Waals surface area contributed by atoms with Gasteiger partial charge in [-0.1, -0.05) is 10.9 Å². The summed E-state index contributed by atoms with van der Waals surface area (Å²) < 4.78 is 0. The molecule has 72 valence electrons. The largest absolute Gasteiger partial charge is 0.509 e. The lowest BCUT2D eigenvalue weighted by atomic mass is 9.71. The van der Waals surface area contributed by atoms with Crippen LogP contribution in [0.2, 0.25) is 0 Å². The number of aromatic hydroxyl groups is 1. The fourth-order valence-corrected chi connectivity index (χ4v) is 1.94. The van der Waals surface area contributed by atoms with Crippen LogP contribution >= 0.6 is 0 Å². The van der Waals surface area contributed by atoms with Gasteiger partial charge in [0, 0.05) is 11.1 Å². The first kappa shape index (κ1) is 9.89. The number of nitrogens with one attached hydrogen (secondary N) is 1. The maximum atomic E-state index is 11.5. The summed E-state index contributed by atoms with van der Waals surface area (Å²) in [7, 11) is 5.10. The third-order valence-electron chi connectivity index (χ3n) is 2.95. The van der Waals surface area contributed by atoms with Gasteiger partial charge in [0.15, 0.2) is 0 Å². The Morgan fingerprint density at radius 1 is 0.867 bits per heavy atom. The van der Waals surface area contributed by atoms with E-state index in [-0.39, 0.29) is 11.7 Å². The normalized spacial score (nSPS) is 13.9. The molecule has 1 aromatic rings. The number of benzene rings is 1. The van der Waals surface area contributed by atoms with Gasteiger partial charge in [0.1, 0.15) is 29.3 Å². The van der Waals surface area contributed by atoms with Gasteiger partial charge in [0.25, 0.3) is 11.8 Å². The lowest BCUT2D eigenvalue weighted by molar-refractivity contribution is 0.0880. The third kappa shape index (κ3) is 1.12. The summed E-state index contributed by atoms with van der Waals surface area (Å²) >= 11 is 0. The maximum Gasteiger partial charge on any atom is 0.258 e. The number of carbonyl (C=O) groups is 2. The zero-order valence-corrected chi connectivity index (χ0v) is 8.76. The number of rotatable bonds is 0.